The van der Waals surface area contributed by atoms with Crippen LogP contribution in [0.3, 0.4) is 0 Å². The lowest BCUT2D eigenvalue weighted by Crippen LogP contribution is -2.03. The van der Waals surface area contributed by atoms with Crippen LogP contribution in [-0.2, 0) is 12.3 Å². The van der Waals surface area contributed by atoms with E-state index in [0.29, 0.717) is 5.88 Å². The van der Waals surface area contributed by atoms with E-state index in [1.807, 2.05) is 6.07 Å². The Morgan fingerprint density at radius 3 is 2.88 bits per heavy atom. The number of hydrogen-bond acceptors (Lipinski definition) is 2. The Morgan fingerprint density at radius 2 is 2.25 bits per heavy atom. The molecule has 88 valence electrons. The van der Waals surface area contributed by atoms with Crippen LogP contribution in [0.5, 0.6) is 5.88 Å². The van der Waals surface area contributed by atoms with Crippen LogP contribution in [0.4, 0.5) is 0 Å². The SMILES string of the molecule is CCCc1cc(CCl)cc(OCC2CC2)n1. The first-order valence-corrected chi connectivity index (χ1v) is 6.54. The van der Waals surface area contributed by atoms with Gasteiger partial charge in [-0.2, -0.15) is 0 Å². The zero-order valence-electron chi connectivity index (χ0n) is 9.71. The van der Waals surface area contributed by atoms with Gasteiger partial charge in [0, 0.05) is 17.6 Å². The molecule has 1 aromatic rings. The molecule has 1 aliphatic rings. The van der Waals surface area contributed by atoms with E-state index in [2.05, 4.69) is 18.0 Å². The molecule has 1 aromatic heterocycles. The molecule has 2 rings (SSSR count). The van der Waals surface area contributed by atoms with E-state index < -0.39 is 0 Å². The fourth-order valence-electron chi connectivity index (χ4n) is 1.64. The van der Waals surface area contributed by atoms with E-state index in [1.54, 1.807) is 0 Å². The number of hydrogen-bond donors (Lipinski definition) is 0. The van der Waals surface area contributed by atoms with Crippen LogP contribution in [0.1, 0.15) is 37.4 Å². The first kappa shape index (κ1) is 11.7. The van der Waals surface area contributed by atoms with Gasteiger partial charge in [-0.15, -0.1) is 11.6 Å². The smallest absolute Gasteiger partial charge is 0.213 e. The van der Waals surface area contributed by atoms with Crippen molar-refractivity contribution in [1.82, 2.24) is 4.98 Å². The summed E-state index contributed by atoms with van der Waals surface area (Å²) in [5.74, 6) is 2.03. The Hall–Kier alpha value is -0.760. The Kier molecular flexibility index (Phi) is 4.05. The third-order valence-electron chi connectivity index (χ3n) is 2.74. The maximum absolute atomic E-state index is 5.86. The molecule has 1 fully saturated rings. The molecule has 3 heteroatoms. The monoisotopic (exact) mass is 239 g/mol. The van der Waals surface area contributed by atoms with Crippen molar-refractivity contribution in [3.05, 3.63) is 23.4 Å². The van der Waals surface area contributed by atoms with Gasteiger partial charge in [-0.05, 0) is 36.8 Å². The number of alkyl halides is 1. The topological polar surface area (TPSA) is 22.1 Å². The Balaban J connectivity index is 2.04. The summed E-state index contributed by atoms with van der Waals surface area (Å²) in [5.41, 5.74) is 2.19. The van der Waals surface area contributed by atoms with Crippen molar-refractivity contribution in [3.63, 3.8) is 0 Å². The summed E-state index contributed by atoms with van der Waals surface area (Å²) in [6.07, 6.45) is 4.69. The lowest BCUT2D eigenvalue weighted by atomic mass is 10.2. The average molecular weight is 240 g/mol. The van der Waals surface area contributed by atoms with E-state index in [4.69, 9.17) is 16.3 Å². The van der Waals surface area contributed by atoms with Gasteiger partial charge in [0.1, 0.15) is 0 Å². The van der Waals surface area contributed by atoms with E-state index in [-0.39, 0.29) is 0 Å². The number of aryl methyl sites for hydroxylation is 1. The minimum absolute atomic E-state index is 0.527. The van der Waals surface area contributed by atoms with Crippen molar-refractivity contribution < 1.29 is 4.74 Å². The van der Waals surface area contributed by atoms with Crippen LogP contribution in [0.25, 0.3) is 0 Å². The molecule has 0 atom stereocenters. The molecule has 2 nitrogen and oxygen atoms in total. The second-order valence-electron chi connectivity index (χ2n) is 4.44. The highest BCUT2D eigenvalue weighted by atomic mass is 35.5. The number of nitrogens with zero attached hydrogens (tertiary/aromatic N) is 1. The molecular weight excluding hydrogens is 222 g/mol. The van der Waals surface area contributed by atoms with Crippen LogP contribution in [0, 0.1) is 5.92 Å². The lowest BCUT2D eigenvalue weighted by Gasteiger charge is -2.08. The molecule has 0 amide bonds. The largest absolute Gasteiger partial charge is 0.477 e. The molecule has 0 N–H and O–H groups in total. The molecule has 1 heterocycles. The summed E-state index contributed by atoms with van der Waals surface area (Å²) in [5, 5.41) is 0. The molecular formula is C13H18ClNO. The molecule has 0 spiro atoms. The van der Waals surface area contributed by atoms with E-state index in [1.165, 1.54) is 12.8 Å². The van der Waals surface area contributed by atoms with E-state index >= 15 is 0 Å². The van der Waals surface area contributed by atoms with Gasteiger partial charge in [-0.25, -0.2) is 4.98 Å². The van der Waals surface area contributed by atoms with Crippen molar-refractivity contribution in [3.8, 4) is 5.88 Å². The fraction of sp³-hybridized carbons (Fsp3) is 0.615. The molecule has 0 saturated heterocycles. The first-order valence-electron chi connectivity index (χ1n) is 6.00. The number of rotatable bonds is 6. The third-order valence-corrected chi connectivity index (χ3v) is 3.05. The van der Waals surface area contributed by atoms with Gasteiger partial charge < -0.3 is 4.74 Å². The number of pyridine rings is 1. The van der Waals surface area contributed by atoms with Gasteiger partial charge in [-0.3, -0.25) is 0 Å². The Morgan fingerprint density at radius 1 is 1.44 bits per heavy atom. The maximum atomic E-state index is 5.86. The van der Waals surface area contributed by atoms with Crippen LogP contribution >= 0.6 is 11.6 Å². The predicted molar refractivity (Wildman–Crippen MR) is 66.0 cm³/mol. The normalized spacial score (nSPS) is 15.1. The van der Waals surface area contributed by atoms with Crippen LogP contribution in [-0.4, -0.2) is 11.6 Å². The Bertz CT molecular complexity index is 350. The first-order chi connectivity index (χ1) is 7.81. The molecule has 0 aromatic carbocycles. The highest BCUT2D eigenvalue weighted by Crippen LogP contribution is 2.29. The van der Waals surface area contributed by atoms with E-state index in [9.17, 15) is 0 Å². The summed E-state index contributed by atoms with van der Waals surface area (Å²) >= 11 is 5.86. The van der Waals surface area contributed by atoms with Crippen molar-refractivity contribution >= 4 is 11.6 Å². The van der Waals surface area contributed by atoms with Gasteiger partial charge in [-0.1, -0.05) is 13.3 Å². The standard InChI is InChI=1S/C13H18ClNO/c1-2-3-12-6-11(8-14)7-13(15-12)16-9-10-4-5-10/h6-7,10H,2-5,8-9H2,1H3. The molecule has 0 unspecified atom stereocenters. The maximum Gasteiger partial charge on any atom is 0.213 e. The zero-order valence-corrected chi connectivity index (χ0v) is 10.5. The van der Waals surface area contributed by atoms with Crippen LogP contribution in [0.15, 0.2) is 12.1 Å². The van der Waals surface area contributed by atoms with Gasteiger partial charge in [0.05, 0.1) is 6.61 Å². The van der Waals surface area contributed by atoms with Gasteiger partial charge in [0.15, 0.2) is 0 Å². The fourth-order valence-corrected chi connectivity index (χ4v) is 1.80. The molecule has 1 saturated carbocycles. The van der Waals surface area contributed by atoms with Crippen molar-refractivity contribution in [2.45, 2.75) is 38.5 Å². The quantitative estimate of drug-likeness (QED) is 0.709. The minimum Gasteiger partial charge on any atom is -0.477 e. The molecule has 0 aliphatic heterocycles. The van der Waals surface area contributed by atoms with Gasteiger partial charge in [0.2, 0.25) is 5.88 Å². The lowest BCUT2D eigenvalue weighted by molar-refractivity contribution is 0.287. The highest BCUT2D eigenvalue weighted by molar-refractivity contribution is 6.17. The van der Waals surface area contributed by atoms with Gasteiger partial charge in [0.25, 0.3) is 0 Å². The number of aromatic nitrogens is 1. The third kappa shape index (κ3) is 3.38. The number of ether oxygens (including phenoxy) is 1. The predicted octanol–water partition coefficient (Wildman–Crippen LogP) is 3.56. The summed E-state index contributed by atoms with van der Waals surface area (Å²) in [4.78, 5) is 4.49. The van der Waals surface area contributed by atoms with Gasteiger partial charge >= 0.3 is 0 Å². The highest BCUT2D eigenvalue weighted by Gasteiger charge is 2.22. The average Bonchev–Trinajstić information content (AvgIpc) is 3.10. The molecule has 1 aliphatic carbocycles. The molecule has 0 bridgehead atoms. The Labute approximate surface area is 102 Å². The molecule has 16 heavy (non-hydrogen) atoms. The van der Waals surface area contributed by atoms with Crippen molar-refractivity contribution in [2.24, 2.45) is 5.92 Å². The molecule has 0 radical (unpaired) electrons. The van der Waals surface area contributed by atoms with Crippen molar-refractivity contribution in [2.75, 3.05) is 6.61 Å². The van der Waals surface area contributed by atoms with Crippen molar-refractivity contribution in [1.29, 1.82) is 0 Å². The second-order valence-corrected chi connectivity index (χ2v) is 4.71. The van der Waals surface area contributed by atoms with Crippen LogP contribution in [0.2, 0.25) is 0 Å². The summed E-state index contributed by atoms with van der Waals surface area (Å²) in [6, 6.07) is 4.02. The summed E-state index contributed by atoms with van der Waals surface area (Å²) in [6.45, 7) is 2.96. The van der Waals surface area contributed by atoms with E-state index in [0.717, 1.165) is 42.5 Å². The number of halogens is 1. The second kappa shape index (κ2) is 5.53. The zero-order chi connectivity index (χ0) is 11.4. The summed E-state index contributed by atoms with van der Waals surface area (Å²) < 4.78 is 5.69. The summed E-state index contributed by atoms with van der Waals surface area (Å²) in [7, 11) is 0. The minimum atomic E-state index is 0.527. The van der Waals surface area contributed by atoms with Crippen LogP contribution < -0.4 is 4.74 Å².